The van der Waals surface area contributed by atoms with Gasteiger partial charge in [-0.15, -0.1) is 0 Å². The minimum absolute atomic E-state index is 0.274. The molecule has 0 heterocycles. The van der Waals surface area contributed by atoms with Crippen molar-refractivity contribution in [3.63, 3.8) is 0 Å². The number of para-hydroxylation sites is 1. The SMILES string of the molecule is CCOC(=O)c1ccc([N+](C)(C)c2ccccc2)cc1. The van der Waals surface area contributed by atoms with Gasteiger partial charge >= 0.3 is 5.97 Å². The van der Waals surface area contributed by atoms with Crippen LogP contribution in [0.25, 0.3) is 0 Å². The van der Waals surface area contributed by atoms with E-state index < -0.39 is 0 Å². The Labute approximate surface area is 120 Å². The Balaban J connectivity index is 2.28. The fraction of sp³-hybridized carbons (Fsp3) is 0.235. The van der Waals surface area contributed by atoms with E-state index in [4.69, 9.17) is 4.74 Å². The molecule has 0 amide bonds. The second-order valence-electron chi connectivity index (χ2n) is 5.06. The van der Waals surface area contributed by atoms with Gasteiger partial charge in [0.15, 0.2) is 0 Å². The highest BCUT2D eigenvalue weighted by Crippen LogP contribution is 2.30. The van der Waals surface area contributed by atoms with Gasteiger partial charge in [-0.1, -0.05) is 18.2 Å². The van der Waals surface area contributed by atoms with E-state index in [0.717, 1.165) is 5.69 Å². The normalized spacial score (nSPS) is 11.2. The maximum Gasteiger partial charge on any atom is 0.338 e. The lowest BCUT2D eigenvalue weighted by Crippen LogP contribution is -2.34. The number of hydrogen-bond donors (Lipinski definition) is 0. The smallest absolute Gasteiger partial charge is 0.338 e. The second kappa shape index (κ2) is 5.88. The number of ether oxygens (including phenoxy) is 1. The Morgan fingerprint density at radius 1 is 0.950 bits per heavy atom. The Morgan fingerprint density at radius 3 is 2.05 bits per heavy atom. The van der Waals surface area contributed by atoms with Crippen LogP contribution in [0.1, 0.15) is 17.3 Å². The predicted molar refractivity (Wildman–Crippen MR) is 82.1 cm³/mol. The quantitative estimate of drug-likeness (QED) is 0.624. The molecule has 3 nitrogen and oxygen atoms in total. The molecule has 0 saturated heterocycles. The lowest BCUT2D eigenvalue weighted by atomic mass is 10.1. The molecule has 20 heavy (non-hydrogen) atoms. The Hall–Kier alpha value is -2.13. The Morgan fingerprint density at radius 2 is 1.50 bits per heavy atom. The lowest BCUT2D eigenvalue weighted by Gasteiger charge is -2.28. The van der Waals surface area contributed by atoms with Crippen LogP contribution < -0.4 is 4.48 Å². The van der Waals surface area contributed by atoms with Crippen LogP contribution in [-0.2, 0) is 4.74 Å². The zero-order valence-electron chi connectivity index (χ0n) is 12.2. The molecule has 2 aromatic carbocycles. The average Bonchev–Trinajstić information content (AvgIpc) is 2.48. The van der Waals surface area contributed by atoms with Crippen molar-refractivity contribution in [1.29, 1.82) is 0 Å². The summed E-state index contributed by atoms with van der Waals surface area (Å²) in [7, 11) is 4.24. The summed E-state index contributed by atoms with van der Waals surface area (Å²) in [6.07, 6.45) is 0. The Kier molecular flexibility index (Phi) is 4.20. The third-order valence-corrected chi connectivity index (χ3v) is 3.43. The number of esters is 1. The first-order chi connectivity index (χ1) is 9.55. The molecule has 0 fully saturated rings. The molecule has 0 aliphatic rings. The maximum absolute atomic E-state index is 11.6. The highest BCUT2D eigenvalue weighted by Gasteiger charge is 2.22. The summed E-state index contributed by atoms with van der Waals surface area (Å²) >= 11 is 0. The molecule has 0 saturated carbocycles. The highest BCUT2D eigenvalue weighted by molar-refractivity contribution is 5.89. The fourth-order valence-electron chi connectivity index (χ4n) is 2.13. The molecule has 0 aliphatic heterocycles. The fourth-order valence-corrected chi connectivity index (χ4v) is 2.13. The summed E-state index contributed by atoms with van der Waals surface area (Å²) in [6, 6.07) is 17.8. The van der Waals surface area contributed by atoms with Crippen molar-refractivity contribution in [2.24, 2.45) is 0 Å². The van der Waals surface area contributed by atoms with Crippen LogP contribution in [0.4, 0.5) is 11.4 Å². The summed E-state index contributed by atoms with van der Waals surface area (Å²) < 4.78 is 5.62. The van der Waals surface area contributed by atoms with Gasteiger partial charge in [-0.05, 0) is 31.2 Å². The zero-order valence-corrected chi connectivity index (χ0v) is 12.2. The summed E-state index contributed by atoms with van der Waals surface area (Å²) in [5.41, 5.74) is 2.89. The molecule has 0 aliphatic carbocycles. The molecule has 3 heteroatoms. The standard InChI is InChI=1S/C17H20NO2/c1-4-20-17(19)14-10-12-16(13-11-14)18(2,3)15-8-6-5-7-9-15/h5-13H,4H2,1-3H3/q+1. The number of carbonyl (C=O) groups is 1. The van der Waals surface area contributed by atoms with Gasteiger partial charge in [-0.25, -0.2) is 4.79 Å². The van der Waals surface area contributed by atoms with Gasteiger partial charge in [0.05, 0.1) is 26.3 Å². The molecule has 2 rings (SSSR count). The number of hydrogen-bond acceptors (Lipinski definition) is 2. The molecule has 104 valence electrons. The van der Waals surface area contributed by atoms with Crippen LogP contribution in [0, 0.1) is 0 Å². The summed E-state index contributed by atoms with van der Waals surface area (Å²) in [4.78, 5) is 11.6. The molecular weight excluding hydrogens is 250 g/mol. The first kappa shape index (κ1) is 14.3. The second-order valence-corrected chi connectivity index (χ2v) is 5.06. The van der Waals surface area contributed by atoms with E-state index in [-0.39, 0.29) is 5.97 Å². The van der Waals surface area contributed by atoms with Crippen LogP contribution >= 0.6 is 0 Å². The van der Waals surface area contributed by atoms with Gasteiger partial charge in [0, 0.05) is 12.1 Å². The first-order valence-corrected chi connectivity index (χ1v) is 6.73. The molecule has 0 spiro atoms. The third kappa shape index (κ3) is 2.89. The van der Waals surface area contributed by atoms with E-state index in [2.05, 4.69) is 26.2 Å². The van der Waals surface area contributed by atoms with Crippen molar-refractivity contribution >= 4 is 17.3 Å². The monoisotopic (exact) mass is 270 g/mol. The van der Waals surface area contributed by atoms with Gasteiger partial charge < -0.3 is 4.74 Å². The van der Waals surface area contributed by atoms with Crippen LogP contribution in [-0.4, -0.2) is 26.7 Å². The number of carbonyl (C=O) groups excluding carboxylic acids is 1. The van der Waals surface area contributed by atoms with Crippen LogP contribution in [0.5, 0.6) is 0 Å². The minimum atomic E-state index is -0.274. The van der Waals surface area contributed by atoms with Crippen LogP contribution in [0.2, 0.25) is 0 Å². The van der Waals surface area contributed by atoms with Gasteiger partial charge in [-0.2, -0.15) is 0 Å². The van der Waals surface area contributed by atoms with Gasteiger partial charge in [0.2, 0.25) is 0 Å². The van der Waals surface area contributed by atoms with Gasteiger partial charge in [0.1, 0.15) is 11.4 Å². The van der Waals surface area contributed by atoms with Crippen molar-refractivity contribution in [2.75, 3.05) is 20.7 Å². The molecular formula is C17H20NO2+. The summed E-state index contributed by atoms with van der Waals surface area (Å²) in [6.45, 7) is 2.20. The van der Waals surface area contributed by atoms with E-state index in [9.17, 15) is 4.79 Å². The van der Waals surface area contributed by atoms with Crippen molar-refractivity contribution in [2.45, 2.75) is 6.92 Å². The summed E-state index contributed by atoms with van der Waals surface area (Å²) in [5, 5.41) is 0. The lowest BCUT2D eigenvalue weighted by molar-refractivity contribution is 0.0526. The first-order valence-electron chi connectivity index (χ1n) is 6.73. The van der Waals surface area contributed by atoms with Crippen LogP contribution in [0.3, 0.4) is 0 Å². The van der Waals surface area contributed by atoms with Crippen LogP contribution in [0.15, 0.2) is 54.6 Å². The minimum Gasteiger partial charge on any atom is -0.462 e. The Bertz CT molecular complexity index is 574. The van der Waals surface area contributed by atoms with E-state index in [1.54, 1.807) is 0 Å². The molecule has 0 N–H and O–H groups in total. The zero-order chi connectivity index (χ0) is 14.6. The van der Waals surface area contributed by atoms with Gasteiger partial charge in [0.25, 0.3) is 0 Å². The largest absolute Gasteiger partial charge is 0.462 e. The average molecular weight is 270 g/mol. The van der Waals surface area contributed by atoms with E-state index >= 15 is 0 Å². The topological polar surface area (TPSA) is 26.3 Å². The summed E-state index contributed by atoms with van der Waals surface area (Å²) in [5.74, 6) is -0.274. The van der Waals surface area contributed by atoms with E-state index in [0.29, 0.717) is 16.7 Å². The molecule has 2 aromatic rings. The van der Waals surface area contributed by atoms with Crippen molar-refractivity contribution < 1.29 is 9.53 Å². The molecule has 0 radical (unpaired) electrons. The van der Waals surface area contributed by atoms with Crippen molar-refractivity contribution in [3.05, 3.63) is 60.2 Å². The number of quaternary nitrogens is 1. The third-order valence-electron chi connectivity index (χ3n) is 3.43. The number of nitrogens with zero attached hydrogens (tertiary/aromatic N) is 1. The van der Waals surface area contributed by atoms with Crippen molar-refractivity contribution in [1.82, 2.24) is 4.48 Å². The number of benzene rings is 2. The highest BCUT2D eigenvalue weighted by atomic mass is 16.5. The van der Waals surface area contributed by atoms with Gasteiger partial charge in [-0.3, -0.25) is 4.48 Å². The van der Waals surface area contributed by atoms with E-state index in [1.807, 2.05) is 49.4 Å². The molecule has 0 aromatic heterocycles. The van der Waals surface area contributed by atoms with Crippen molar-refractivity contribution in [3.8, 4) is 0 Å². The molecule has 0 bridgehead atoms. The predicted octanol–water partition coefficient (Wildman–Crippen LogP) is 3.76. The number of rotatable bonds is 4. The molecule has 0 unspecified atom stereocenters. The maximum atomic E-state index is 11.6. The van der Waals surface area contributed by atoms with E-state index in [1.165, 1.54) is 5.69 Å². The molecule has 0 atom stereocenters.